The predicted molar refractivity (Wildman–Crippen MR) is 69.1 cm³/mol. The minimum absolute atomic E-state index is 0.0285. The van der Waals surface area contributed by atoms with E-state index in [9.17, 15) is 18.0 Å². The van der Waals surface area contributed by atoms with Crippen LogP contribution in [0.2, 0.25) is 0 Å². The highest BCUT2D eigenvalue weighted by molar-refractivity contribution is 5.77. The molecular weight excluding hydrogens is 273 g/mol. The van der Waals surface area contributed by atoms with E-state index in [0.29, 0.717) is 13.1 Å². The molecule has 0 spiro atoms. The van der Waals surface area contributed by atoms with E-state index in [1.54, 1.807) is 4.90 Å². The quantitative estimate of drug-likeness (QED) is 0.815. The van der Waals surface area contributed by atoms with Crippen molar-refractivity contribution < 1.29 is 22.7 Å². The van der Waals surface area contributed by atoms with Gasteiger partial charge in [0.15, 0.2) is 0 Å². The van der Waals surface area contributed by atoms with Gasteiger partial charge in [0, 0.05) is 12.6 Å². The van der Waals surface area contributed by atoms with Crippen LogP contribution in [-0.2, 0) is 9.53 Å². The number of hydrogen-bond donors (Lipinski definition) is 1. The van der Waals surface area contributed by atoms with Crippen LogP contribution in [0.4, 0.5) is 13.2 Å². The van der Waals surface area contributed by atoms with Gasteiger partial charge in [-0.3, -0.25) is 4.79 Å². The zero-order valence-electron chi connectivity index (χ0n) is 11.8. The van der Waals surface area contributed by atoms with Gasteiger partial charge in [-0.1, -0.05) is 12.8 Å². The molecule has 20 heavy (non-hydrogen) atoms. The molecule has 1 rings (SSSR count). The molecule has 0 saturated heterocycles. The predicted octanol–water partition coefficient (Wildman–Crippen LogP) is 1.93. The summed E-state index contributed by atoms with van der Waals surface area (Å²) in [7, 11) is 0. The lowest BCUT2D eigenvalue weighted by Crippen LogP contribution is -2.49. The molecule has 1 aliphatic carbocycles. The Bertz CT molecular complexity index is 310. The molecule has 7 heteroatoms. The minimum Gasteiger partial charge on any atom is -0.362 e. The van der Waals surface area contributed by atoms with E-state index in [0.717, 1.165) is 25.7 Å². The molecule has 0 aromatic heterocycles. The molecule has 0 aromatic rings. The molecular formula is C13H23F3N2O2. The highest BCUT2D eigenvalue weighted by Crippen LogP contribution is 2.28. The summed E-state index contributed by atoms with van der Waals surface area (Å²) in [6, 6.07) is 0.0285. The zero-order chi connectivity index (χ0) is 15.2. The number of halogens is 3. The maximum absolute atomic E-state index is 12.0. The number of amides is 1. The van der Waals surface area contributed by atoms with Gasteiger partial charge in [0.25, 0.3) is 0 Å². The maximum Gasteiger partial charge on any atom is 0.411 e. The number of carbonyl (C=O) groups is 1. The van der Waals surface area contributed by atoms with Crippen LogP contribution >= 0.6 is 0 Å². The van der Waals surface area contributed by atoms with Gasteiger partial charge in [-0.15, -0.1) is 0 Å². The molecule has 0 radical (unpaired) electrons. The van der Waals surface area contributed by atoms with Crippen LogP contribution in [0.25, 0.3) is 0 Å². The summed E-state index contributed by atoms with van der Waals surface area (Å²) in [6.45, 7) is 0.874. The normalized spacial score (nSPS) is 23.6. The highest BCUT2D eigenvalue weighted by atomic mass is 19.4. The van der Waals surface area contributed by atoms with Gasteiger partial charge in [0.1, 0.15) is 13.2 Å². The Morgan fingerprint density at radius 1 is 1.35 bits per heavy atom. The lowest BCUT2D eigenvalue weighted by Gasteiger charge is -2.39. The third-order valence-electron chi connectivity index (χ3n) is 3.72. The zero-order valence-corrected chi connectivity index (χ0v) is 11.8. The third-order valence-corrected chi connectivity index (χ3v) is 3.72. The Kier molecular flexibility index (Phi) is 6.75. The lowest BCUT2D eigenvalue weighted by molar-refractivity contribution is -0.178. The van der Waals surface area contributed by atoms with Crippen molar-refractivity contribution in [2.24, 2.45) is 11.7 Å². The van der Waals surface area contributed by atoms with Gasteiger partial charge >= 0.3 is 6.18 Å². The van der Waals surface area contributed by atoms with Crippen molar-refractivity contribution in [3.63, 3.8) is 0 Å². The first-order valence-electron chi connectivity index (χ1n) is 7.03. The molecule has 1 aliphatic rings. The average molecular weight is 296 g/mol. The number of carbonyl (C=O) groups excluding carboxylic acids is 1. The molecule has 2 atom stereocenters. The molecule has 0 bridgehead atoms. The van der Waals surface area contributed by atoms with Crippen LogP contribution < -0.4 is 5.73 Å². The van der Waals surface area contributed by atoms with Gasteiger partial charge in [-0.25, -0.2) is 0 Å². The largest absolute Gasteiger partial charge is 0.411 e. The lowest BCUT2D eigenvalue weighted by atomic mass is 9.83. The summed E-state index contributed by atoms with van der Waals surface area (Å²) >= 11 is 0. The maximum atomic E-state index is 12.0. The van der Waals surface area contributed by atoms with Crippen LogP contribution in [0.5, 0.6) is 0 Å². The number of hydrogen-bond acceptors (Lipinski definition) is 3. The fraction of sp³-hybridized carbons (Fsp3) is 0.923. The Morgan fingerprint density at radius 3 is 2.55 bits per heavy atom. The van der Waals surface area contributed by atoms with E-state index in [-0.39, 0.29) is 17.9 Å². The molecule has 0 heterocycles. The van der Waals surface area contributed by atoms with E-state index in [2.05, 4.69) is 4.74 Å². The summed E-state index contributed by atoms with van der Waals surface area (Å²) in [4.78, 5) is 13.6. The molecule has 2 N–H and O–H groups in total. The summed E-state index contributed by atoms with van der Waals surface area (Å²) in [6.07, 6.45) is -0.458. The van der Waals surface area contributed by atoms with Gasteiger partial charge in [0.2, 0.25) is 5.91 Å². The monoisotopic (exact) mass is 296 g/mol. The molecule has 1 amide bonds. The Balaban J connectivity index is 2.53. The smallest absolute Gasteiger partial charge is 0.362 e. The van der Waals surface area contributed by atoms with Crippen molar-refractivity contribution in [1.82, 2.24) is 4.90 Å². The molecule has 118 valence electrons. The van der Waals surface area contributed by atoms with E-state index in [4.69, 9.17) is 5.73 Å². The second-order valence-corrected chi connectivity index (χ2v) is 5.14. The van der Waals surface area contributed by atoms with Gasteiger partial charge in [-0.05, 0) is 32.2 Å². The van der Waals surface area contributed by atoms with E-state index >= 15 is 0 Å². The molecule has 0 aliphatic heterocycles. The Morgan fingerprint density at radius 2 is 2.00 bits per heavy atom. The minimum atomic E-state index is -4.40. The van der Waals surface area contributed by atoms with Crippen LogP contribution in [-0.4, -0.2) is 49.3 Å². The number of rotatable bonds is 6. The summed E-state index contributed by atoms with van der Waals surface area (Å²) < 4.78 is 40.4. The molecule has 0 aromatic carbocycles. The first kappa shape index (κ1) is 17.2. The standard InChI is InChI=1S/C13H23F3N2O2/c1-2-18(11-6-4-3-5-10(11)7-17)12(19)8-20-9-13(14,15)16/h10-11H,2-9,17H2,1H3. The van der Waals surface area contributed by atoms with Crippen molar-refractivity contribution in [3.05, 3.63) is 0 Å². The number of alkyl halides is 3. The second-order valence-electron chi connectivity index (χ2n) is 5.14. The number of nitrogens with two attached hydrogens (primary N) is 1. The van der Waals surface area contributed by atoms with E-state index in [1.165, 1.54) is 0 Å². The summed E-state index contributed by atoms with van der Waals surface area (Å²) in [5.74, 6) is -0.155. The first-order valence-corrected chi connectivity index (χ1v) is 7.03. The topological polar surface area (TPSA) is 55.6 Å². The van der Waals surface area contributed by atoms with Crippen LogP contribution in [0, 0.1) is 5.92 Å². The van der Waals surface area contributed by atoms with Crippen molar-refractivity contribution in [3.8, 4) is 0 Å². The second kappa shape index (κ2) is 7.83. The summed E-state index contributed by atoms with van der Waals surface area (Å²) in [5, 5.41) is 0. The van der Waals surface area contributed by atoms with E-state index < -0.39 is 19.4 Å². The van der Waals surface area contributed by atoms with Gasteiger partial charge < -0.3 is 15.4 Å². The number of nitrogens with zero attached hydrogens (tertiary/aromatic N) is 1. The van der Waals surface area contributed by atoms with Gasteiger partial charge in [0.05, 0.1) is 0 Å². The highest BCUT2D eigenvalue weighted by Gasteiger charge is 2.32. The fourth-order valence-electron chi connectivity index (χ4n) is 2.81. The fourth-order valence-corrected chi connectivity index (χ4v) is 2.81. The molecule has 1 fully saturated rings. The van der Waals surface area contributed by atoms with E-state index in [1.807, 2.05) is 6.92 Å². The van der Waals surface area contributed by atoms with Crippen molar-refractivity contribution in [2.75, 3.05) is 26.3 Å². The van der Waals surface area contributed by atoms with Crippen molar-refractivity contribution >= 4 is 5.91 Å². The number of ether oxygens (including phenoxy) is 1. The molecule has 1 saturated carbocycles. The first-order chi connectivity index (χ1) is 9.39. The van der Waals surface area contributed by atoms with Crippen LogP contribution in [0.15, 0.2) is 0 Å². The Labute approximate surface area is 117 Å². The third kappa shape index (κ3) is 5.28. The van der Waals surface area contributed by atoms with Crippen LogP contribution in [0.3, 0.4) is 0 Å². The van der Waals surface area contributed by atoms with Crippen molar-refractivity contribution in [2.45, 2.75) is 44.8 Å². The molecule has 4 nitrogen and oxygen atoms in total. The Hall–Kier alpha value is -0.820. The average Bonchev–Trinajstić information content (AvgIpc) is 2.38. The molecule has 2 unspecified atom stereocenters. The summed E-state index contributed by atoms with van der Waals surface area (Å²) in [5.41, 5.74) is 5.73. The van der Waals surface area contributed by atoms with Crippen molar-refractivity contribution in [1.29, 1.82) is 0 Å². The van der Waals surface area contributed by atoms with Gasteiger partial charge in [-0.2, -0.15) is 13.2 Å². The SMILES string of the molecule is CCN(C(=O)COCC(F)(F)F)C1CCCCC1CN. The van der Waals surface area contributed by atoms with Crippen LogP contribution in [0.1, 0.15) is 32.6 Å². The number of likely N-dealkylation sites (N-methyl/N-ethyl adjacent to an activating group) is 1.